The van der Waals surface area contributed by atoms with E-state index in [1.807, 2.05) is 12.1 Å². The first-order valence-electron chi connectivity index (χ1n) is 8.83. The molecule has 1 aromatic carbocycles. The lowest BCUT2D eigenvalue weighted by Gasteiger charge is -2.44. The molecule has 2 atom stereocenters. The van der Waals surface area contributed by atoms with Gasteiger partial charge in [0.1, 0.15) is 5.60 Å². The molecule has 2 aliphatic heterocycles. The van der Waals surface area contributed by atoms with Crippen LogP contribution >= 0.6 is 22.9 Å². The van der Waals surface area contributed by atoms with Crippen LogP contribution in [-0.4, -0.2) is 60.8 Å². The monoisotopic (exact) mass is 395 g/mol. The molecule has 0 saturated carbocycles. The Morgan fingerprint density at radius 3 is 3.23 bits per heavy atom. The Kier molecular flexibility index (Phi) is 5.16. The van der Waals surface area contributed by atoms with Gasteiger partial charge < -0.3 is 14.8 Å². The molecule has 4 rings (SSSR count). The lowest BCUT2D eigenvalue weighted by atomic mass is 9.87. The number of hydrogen-bond acceptors (Lipinski definition) is 6. The van der Waals surface area contributed by atoms with Gasteiger partial charge in [0, 0.05) is 31.8 Å². The van der Waals surface area contributed by atoms with Gasteiger partial charge in [0.05, 0.1) is 22.9 Å². The molecule has 1 N–H and O–H groups in total. The number of thiazole rings is 1. The Hall–Kier alpha value is -1.25. The highest BCUT2D eigenvalue weighted by Gasteiger charge is 2.47. The average molecular weight is 396 g/mol. The maximum absolute atomic E-state index is 12.5. The number of benzene rings is 1. The van der Waals surface area contributed by atoms with Gasteiger partial charge in [-0.1, -0.05) is 22.9 Å². The number of methoxy groups -OCH3 is 1. The number of amides is 1. The molecule has 1 spiro atoms. The molecule has 2 aromatic rings. The number of carbonyl (C=O) groups excluding carboxylic acids is 1. The van der Waals surface area contributed by atoms with Crippen LogP contribution in [0.25, 0.3) is 10.2 Å². The fraction of sp³-hybridized carbons (Fsp3) is 0.556. The van der Waals surface area contributed by atoms with Crippen molar-refractivity contribution in [3.63, 3.8) is 0 Å². The zero-order valence-electron chi connectivity index (χ0n) is 14.7. The van der Waals surface area contributed by atoms with Crippen LogP contribution in [0.3, 0.4) is 0 Å². The number of nitrogens with zero attached hydrogens (tertiary/aromatic N) is 2. The quantitative estimate of drug-likeness (QED) is 0.861. The van der Waals surface area contributed by atoms with E-state index in [2.05, 4.69) is 15.2 Å². The highest BCUT2D eigenvalue weighted by molar-refractivity contribution is 7.22. The molecule has 2 fully saturated rings. The van der Waals surface area contributed by atoms with Gasteiger partial charge >= 0.3 is 0 Å². The van der Waals surface area contributed by atoms with Gasteiger partial charge in [0.15, 0.2) is 5.13 Å². The molecular formula is C18H22ClN3O3S. The SMILES string of the molecule is CO[C@@H]1CCN(CC(=O)Nc2nc3ccc(Cl)cc3s2)C[C@]12CCCO2. The Morgan fingerprint density at radius 2 is 2.46 bits per heavy atom. The lowest BCUT2D eigenvalue weighted by Crippen LogP contribution is -2.58. The van der Waals surface area contributed by atoms with Crippen LogP contribution in [0.1, 0.15) is 19.3 Å². The third kappa shape index (κ3) is 3.59. The van der Waals surface area contributed by atoms with Crippen LogP contribution in [0.4, 0.5) is 5.13 Å². The zero-order chi connectivity index (χ0) is 18.1. The Labute approximate surface area is 161 Å². The molecule has 1 amide bonds. The van der Waals surface area contributed by atoms with Crippen LogP contribution < -0.4 is 5.32 Å². The summed E-state index contributed by atoms with van der Waals surface area (Å²) in [6.07, 6.45) is 3.03. The van der Waals surface area contributed by atoms with Crippen molar-refractivity contribution < 1.29 is 14.3 Å². The third-order valence-electron chi connectivity index (χ3n) is 5.17. The second kappa shape index (κ2) is 7.40. The van der Waals surface area contributed by atoms with Gasteiger partial charge in [-0.3, -0.25) is 9.69 Å². The number of likely N-dealkylation sites (tertiary alicyclic amines) is 1. The number of fused-ring (bicyclic) bond motifs is 1. The van der Waals surface area contributed by atoms with E-state index in [1.54, 1.807) is 13.2 Å². The molecule has 3 heterocycles. The first-order valence-corrected chi connectivity index (χ1v) is 10.0. The predicted octanol–water partition coefficient (Wildman–Crippen LogP) is 3.16. The molecule has 0 bridgehead atoms. The minimum Gasteiger partial charge on any atom is -0.378 e. The predicted molar refractivity (Wildman–Crippen MR) is 103 cm³/mol. The van der Waals surface area contributed by atoms with Crippen LogP contribution in [0, 0.1) is 0 Å². The minimum atomic E-state index is -0.264. The lowest BCUT2D eigenvalue weighted by molar-refractivity contribution is -0.146. The van der Waals surface area contributed by atoms with E-state index >= 15 is 0 Å². The number of hydrogen-bond donors (Lipinski definition) is 1. The topological polar surface area (TPSA) is 63.7 Å². The highest BCUT2D eigenvalue weighted by atomic mass is 35.5. The second-order valence-electron chi connectivity index (χ2n) is 6.92. The fourth-order valence-corrected chi connectivity index (χ4v) is 5.16. The maximum Gasteiger partial charge on any atom is 0.240 e. The van der Waals surface area contributed by atoms with Gasteiger partial charge in [-0.2, -0.15) is 0 Å². The smallest absolute Gasteiger partial charge is 0.240 e. The summed E-state index contributed by atoms with van der Waals surface area (Å²) in [6.45, 7) is 2.66. The summed E-state index contributed by atoms with van der Waals surface area (Å²) >= 11 is 7.44. The van der Waals surface area contributed by atoms with Crippen molar-refractivity contribution in [1.29, 1.82) is 0 Å². The van der Waals surface area contributed by atoms with Crippen molar-refractivity contribution >= 4 is 44.2 Å². The Balaban J connectivity index is 1.39. The third-order valence-corrected chi connectivity index (χ3v) is 6.34. The van der Waals surface area contributed by atoms with Crippen LogP contribution in [-0.2, 0) is 14.3 Å². The van der Waals surface area contributed by atoms with E-state index in [-0.39, 0.29) is 17.6 Å². The number of nitrogens with one attached hydrogen (secondary N) is 1. The molecule has 140 valence electrons. The molecule has 1 aromatic heterocycles. The van der Waals surface area contributed by atoms with Crippen molar-refractivity contribution in [3.8, 4) is 0 Å². The largest absolute Gasteiger partial charge is 0.378 e. The summed E-state index contributed by atoms with van der Waals surface area (Å²) in [5, 5.41) is 4.19. The molecular weight excluding hydrogens is 374 g/mol. The zero-order valence-corrected chi connectivity index (χ0v) is 16.2. The van der Waals surface area contributed by atoms with Crippen molar-refractivity contribution in [2.75, 3.05) is 38.7 Å². The minimum absolute atomic E-state index is 0.0563. The molecule has 6 nitrogen and oxygen atoms in total. The summed E-state index contributed by atoms with van der Waals surface area (Å²) in [5.74, 6) is -0.0563. The van der Waals surface area contributed by atoms with Crippen LogP contribution in [0.5, 0.6) is 0 Å². The molecule has 0 aliphatic carbocycles. The first kappa shape index (κ1) is 18.1. The Bertz CT molecular complexity index is 806. The van der Waals surface area contributed by atoms with E-state index in [4.69, 9.17) is 21.1 Å². The Morgan fingerprint density at radius 1 is 1.58 bits per heavy atom. The van der Waals surface area contributed by atoms with Crippen molar-refractivity contribution in [1.82, 2.24) is 9.88 Å². The molecule has 26 heavy (non-hydrogen) atoms. The second-order valence-corrected chi connectivity index (χ2v) is 8.39. The van der Waals surface area contributed by atoms with E-state index in [0.717, 1.165) is 49.2 Å². The van der Waals surface area contributed by atoms with Crippen LogP contribution in [0.2, 0.25) is 5.02 Å². The van der Waals surface area contributed by atoms with Gasteiger partial charge in [-0.25, -0.2) is 4.98 Å². The normalized spacial score (nSPS) is 26.6. The van der Waals surface area contributed by atoms with Gasteiger partial charge in [-0.15, -0.1) is 0 Å². The highest BCUT2D eigenvalue weighted by Crippen LogP contribution is 2.36. The van der Waals surface area contributed by atoms with Crippen molar-refractivity contribution in [3.05, 3.63) is 23.2 Å². The molecule has 0 unspecified atom stereocenters. The van der Waals surface area contributed by atoms with E-state index in [9.17, 15) is 4.79 Å². The summed E-state index contributed by atoms with van der Waals surface area (Å²) in [7, 11) is 1.75. The standard InChI is InChI=1S/C18H22ClN3O3S/c1-24-15-5-7-22(11-18(15)6-2-8-25-18)10-16(23)21-17-20-13-4-3-12(19)9-14(13)26-17/h3-4,9,15H,2,5-8,10-11H2,1H3,(H,20,21,23)/t15-,18-/m1/s1. The van der Waals surface area contributed by atoms with E-state index in [1.165, 1.54) is 11.3 Å². The number of aromatic nitrogens is 1. The summed E-state index contributed by atoms with van der Waals surface area (Å²) < 4.78 is 12.7. The molecule has 0 radical (unpaired) electrons. The number of anilines is 1. The summed E-state index contributed by atoms with van der Waals surface area (Å²) in [5.41, 5.74) is 0.578. The van der Waals surface area contributed by atoms with E-state index < -0.39 is 0 Å². The van der Waals surface area contributed by atoms with E-state index in [0.29, 0.717) is 16.7 Å². The van der Waals surface area contributed by atoms with Crippen molar-refractivity contribution in [2.45, 2.75) is 31.0 Å². The number of piperidine rings is 1. The number of rotatable bonds is 4. The number of ether oxygens (including phenoxy) is 2. The van der Waals surface area contributed by atoms with Gasteiger partial charge in [0.25, 0.3) is 0 Å². The fourth-order valence-electron chi connectivity index (χ4n) is 4.00. The summed E-state index contributed by atoms with van der Waals surface area (Å²) in [6, 6.07) is 5.53. The van der Waals surface area contributed by atoms with Crippen molar-refractivity contribution in [2.24, 2.45) is 0 Å². The summed E-state index contributed by atoms with van der Waals surface area (Å²) in [4.78, 5) is 19.1. The van der Waals surface area contributed by atoms with Crippen LogP contribution in [0.15, 0.2) is 18.2 Å². The molecule has 8 heteroatoms. The van der Waals surface area contributed by atoms with Gasteiger partial charge in [0.2, 0.25) is 5.91 Å². The number of carbonyl (C=O) groups is 1. The molecule has 2 saturated heterocycles. The maximum atomic E-state index is 12.5. The number of halogens is 1. The first-order chi connectivity index (χ1) is 12.6. The average Bonchev–Trinajstić information content (AvgIpc) is 3.21. The molecule has 2 aliphatic rings. The van der Waals surface area contributed by atoms with Gasteiger partial charge in [-0.05, 0) is 37.5 Å².